The minimum atomic E-state index is -2.19. The molecular weight excluding hydrogens is 404 g/mol. The molecular formula is C13H8Cl4N3O2S+. The number of carbonyl (C=O) groups excluding carboxylic acids is 1. The Morgan fingerprint density at radius 1 is 1.39 bits per heavy atom. The molecule has 3 aromatic heterocycles. The molecule has 0 aliphatic rings. The highest BCUT2D eigenvalue weighted by Gasteiger charge is 2.42. The van der Waals surface area contributed by atoms with E-state index < -0.39 is 9.58 Å². The molecule has 0 saturated carbocycles. The number of nitrogens with zero attached hydrogens (tertiary/aromatic N) is 3. The molecule has 3 heterocycles. The fourth-order valence-corrected chi connectivity index (χ4v) is 3.45. The molecule has 3 rings (SSSR count). The number of halogens is 4. The van der Waals surface area contributed by atoms with Crippen LogP contribution in [0.3, 0.4) is 0 Å². The number of alkyl halides is 3. The second-order valence-corrected chi connectivity index (χ2v) is 8.57. The standard InChI is InChI=1S/C13H7Cl4N3O2S/c14-12-18-5-7(23-12)6-20-8-3-1-2-4-19(8)11(22)9(20)10(21)13(15,16)17/h1-5H,6H2/p+1. The predicted octanol–water partition coefficient (Wildman–Crippen LogP) is 3.64. The van der Waals surface area contributed by atoms with Crippen molar-refractivity contribution in [2.24, 2.45) is 0 Å². The van der Waals surface area contributed by atoms with Gasteiger partial charge in [0.05, 0.1) is 11.1 Å². The molecule has 1 N–H and O–H groups in total. The molecule has 0 amide bonds. The first-order chi connectivity index (χ1) is 10.8. The SMILES string of the molecule is O=C(c1c(O)[n+]2ccccc2n1Cc1cnc(Cl)s1)C(Cl)(Cl)Cl. The number of hydrogen-bond acceptors (Lipinski definition) is 4. The molecule has 0 spiro atoms. The lowest BCUT2D eigenvalue weighted by atomic mass is 10.3. The number of ketones is 1. The van der Waals surface area contributed by atoms with E-state index in [1.165, 1.54) is 15.7 Å². The monoisotopic (exact) mass is 410 g/mol. The van der Waals surface area contributed by atoms with Gasteiger partial charge in [-0.15, -0.1) is 11.3 Å². The zero-order chi connectivity index (χ0) is 16.8. The van der Waals surface area contributed by atoms with E-state index in [4.69, 9.17) is 46.4 Å². The van der Waals surface area contributed by atoms with E-state index in [0.29, 0.717) is 10.1 Å². The molecule has 0 aromatic carbocycles. The molecule has 0 fully saturated rings. The minimum absolute atomic E-state index is 0.0966. The summed E-state index contributed by atoms with van der Waals surface area (Å²) < 4.78 is 1.19. The van der Waals surface area contributed by atoms with E-state index >= 15 is 0 Å². The molecule has 0 radical (unpaired) electrons. The number of rotatable bonds is 3. The Balaban J connectivity index is 2.23. The molecule has 0 bridgehead atoms. The van der Waals surface area contributed by atoms with Gasteiger partial charge in [0.1, 0.15) is 6.54 Å². The van der Waals surface area contributed by atoms with Crippen molar-refractivity contribution in [2.75, 3.05) is 0 Å². The number of Topliss-reactive ketones (excluding diaryl/α,β-unsaturated/α-hetero) is 1. The summed E-state index contributed by atoms with van der Waals surface area (Å²) in [7, 11) is 0. The number of imidazole rings is 1. The Hall–Kier alpha value is -1.05. The van der Waals surface area contributed by atoms with Gasteiger partial charge in [-0.3, -0.25) is 4.79 Å². The van der Waals surface area contributed by atoms with Crippen molar-refractivity contribution in [3.05, 3.63) is 45.6 Å². The van der Waals surface area contributed by atoms with Gasteiger partial charge in [-0.25, -0.2) is 9.55 Å². The fraction of sp³-hybridized carbons (Fsp3) is 0.154. The minimum Gasteiger partial charge on any atom is -0.474 e. The van der Waals surface area contributed by atoms with Crippen LogP contribution in [-0.4, -0.2) is 24.2 Å². The van der Waals surface area contributed by atoms with Gasteiger partial charge in [-0.2, -0.15) is 4.40 Å². The number of aromatic nitrogens is 3. The molecule has 10 heteroatoms. The van der Waals surface area contributed by atoms with Gasteiger partial charge in [-0.05, 0) is 6.07 Å². The molecule has 3 aromatic rings. The number of thiazole rings is 1. The van der Waals surface area contributed by atoms with E-state index in [0.717, 1.165) is 4.88 Å². The van der Waals surface area contributed by atoms with Gasteiger partial charge >= 0.3 is 5.88 Å². The van der Waals surface area contributed by atoms with Gasteiger partial charge in [0.15, 0.2) is 4.47 Å². The lowest BCUT2D eigenvalue weighted by molar-refractivity contribution is -0.521. The number of carbonyl (C=O) groups is 1. The van der Waals surface area contributed by atoms with E-state index in [-0.39, 0.29) is 18.1 Å². The first kappa shape index (κ1) is 16.8. The second-order valence-electron chi connectivity index (χ2n) is 4.59. The first-order valence-electron chi connectivity index (χ1n) is 6.22. The van der Waals surface area contributed by atoms with Gasteiger partial charge in [-0.1, -0.05) is 52.5 Å². The average Bonchev–Trinajstić information content (AvgIpc) is 3.01. The van der Waals surface area contributed by atoms with E-state index in [2.05, 4.69) is 4.98 Å². The van der Waals surface area contributed by atoms with Crippen LogP contribution in [0.4, 0.5) is 0 Å². The van der Waals surface area contributed by atoms with Crippen LogP contribution in [0.1, 0.15) is 15.4 Å². The second kappa shape index (κ2) is 6.11. The van der Waals surface area contributed by atoms with Crippen molar-refractivity contribution in [3.8, 4) is 5.88 Å². The third-order valence-electron chi connectivity index (χ3n) is 3.14. The highest BCUT2D eigenvalue weighted by molar-refractivity contribution is 7.15. The van der Waals surface area contributed by atoms with Gasteiger partial charge < -0.3 is 5.11 Å². The van der Waals surface area contributed by atoms with Gasteiger partial charge in [0.25, 0.3) is 20.9 Å². The molecule has 0 aliphatic heterocycles. The Morgan fingerprint density at radius 3 is 2.74 bits per heavy atom. The van der Waals surface area contributed by atoms with Crippen LogP contribution in [0.15, 0.2) is 30.6 Å². The predicted molar refractivity (Wildman–Crippen MR) is 90.1 cm³/mol. The normalized spacial score (nSPS) is 12.0. The zero-order valence-corrected chi connectivity index (χ0v) is 15.1. The summed E-state index contributed by atoms with van der Waals surface area (Å²) in [5.41, 5.74) is 0.466. The van der Waals surface area contributed by atoms with Crippen LogP contribution < -0.4 is 4.40 Å². The Morgan fingerprint density at radius 2 is 2.13 bits per heavy atom. The van der Waals surface area contributed by atoms with Gasteiger partial charge in [0.2, 0.25) is 0 Å². The van der Waals surface area contributed by atoms with Crippen molar-refractivity contribution in [3.63, 3.8) is 0 Å². The topological polar surface area (TPSA) is 59.2 Å². The maximum atomic E-state index is 12.4. The summed E-state index contributed by atoms with van der Waals surface area (Å²) in [6.45, 7) is 0.250. The number of aromatic hydroxyl groups is 1. The van der Waals surface area contributed by atoms with Crippen LogP contribution in [-0.2, 0) is 6.54 Å². The third-order valence-corrected chi connectivity index (χ3v) is 4.75. The highest BCUT2D eigenvalue weighted by Crippen LogP contribution is 2.34. The summed E-state index contributed by atoms with van der Waals surface area (Å²) in [4.78, 5) is 17.2. The van der Waals surface area contributed by atoms with Crippen LogP contribution in [0.5, 0.6) is 5.88 Å². The smallest absolute Gasteiger partial charge is 0.339 e. The lowest BCUT2D eigenvalue weighted by Crippen LogP contribution is -2.23. The summed E-state index contributed by atoms with van der Waals surface area (Å²) in [5.74, 6) is -1.12. The Bertz CT molecular complexity index is 900. The average molecular weight is 412 g/mol. The van der Waals surface area contributed by atoms with Crippen molar-refractivity contribution >= 4 is 69.2 Å². The molecule has 120 valence electrons. The molecule has 0 saturated heterocycles. The summed E-state index contributed by atoms with van der Waals surface area (Å²) in [5, 5.41) is 10.4. The molecule has 23 heavy (non-hydrogen) atoms. The first-order valence-corrected chi connectivity index (χ1v) is 8.55. The van der Waals surface area contributed by atoms with Crippen LogP contribution >= 0.6 is 57.7 Å². The van der Waals surface area contributed by atoms with Gasteiger partial charge in [0, 0.05) is 12.3 Å². The van der Waals surface area contributed by atoms with Crippen LogP contribution in [0.25, 0.3) is 5.65 Å². The lowest BCUT2D eigenvalue weighted by Gasteiger charge is -2.07. The Kier molecular flexibility index (Phi) is 4.46. The zero-order valence-electron chi connectivity index (χ0n) is 11.2. The van der Waals surface area contributed by atoms with E-state index in [1.54, 1.807) is 35.2 Å². The quantitative estimate of drug-likeness (QED) is 0.406. The maximum absolute atomic E-state index is 12.4. The molecule has 0 aliphatic carbocycles. The van der Waals surface area contributed by atoms with Crippen molar-refractivity contribution in [1.29, 1.82) is 0 Å². The van der Waals surface area contributed by atoms with Crippen molar-refractivity contribution in [1.82, 2.24) is 9.55 Å². The Labute approximate surface area is 154 Å². The molecule has 0 unspecified atom stereocenters. The van der Waals surface area contributed by atoms with Crippen molar-refractivity contribution < 1.29 is 14.3 Å². The largest absolute Gasteiger partial charge is 0.474 e. The number of fused-ring (bicyclic) bond motifs is 1. The van der Waals surface area contributed by atoms with E-state index in [9.17, 15) is 9.90 Å². The fourth-order valence-electron chi connectivity index (χ4n) is 2.21. The third kappa shape index (κ3) is 3.14. The maximum Gasteiger partial charge on any atom is 0.339 e. The summed E-state index contributed by atoms with van der Waals surface area (Å²) in [6.07, 6.45) is 3.20. The number of hydrogen-bond donors (Lipinski definition) is 1. The van der Waals surface area contributed by atoms with Crippen LogP contribution in [0.2, 0.25) is 4.47 Å². The number of pyridine rings is 1. The molecule has 5 nitrogen and oxygen atoms in total. The summed E-state index contributed by atoms with van der Waals surface area (Å²) in [6, 6.07) is 5.22. The highest BCUT2D eigenvalue weighted by atomic mass is 35.6. The van der Waals surface area contributed by atoms with Crippen LogP contribution in [0, 0.1) is 0 Å². The molecule has 0 atom stereocenters. The summed E-state index contributed by atoms with van der Waals surface area (Å²) >= 11 is 24.2. The van der Waals surface area contributed by atoms with E-state index in [1.807, 2.05) is 0 Å². The van der Waals surface area contributed by atoms with Crippen molar-refractivity contribution in [2.45, 2.75) is 10.3 Å².